The quantitative estimate of drug-likeness (QED) is 0.323. The van der Waals surface area contributed by atoms with Crippen LogP contribution in [-0.2, 0) is 6.42 Å². The van der Waals surface area contributed by atoms with E-state index in [4.69, 9.17) is 4.99 Å². The number of aromatic nitrogens is 3. The second-order valence-corrected chi connectivity index (χ2v) is 9.55. The number of aliphatic imine (C=N–C) groups is 1. The summed E-state index contributed by atoms with van der Waals surface area (Å²) in [6, 6.07) is 0.608. The van der Waals surface area contributed by atoms with Crippen molar-refractivity contribution in [1.82, 2.24) is 25.0 Å². The first-order chi connectivity index (χ1) is 13.7. The first-order valence-electron chi connectivity index (χ1n) is 11.3. The number of rotatable bonds is 7. The highest BCUT2D eigenvalue weighted by molar-refractivity contribution is 7.98. The lowest BCUT2D eigenvalue weighted by atomic mass is 9.68. The van der Waals surface area contributed by atoms with Gasteiger partial charge in [-0.2, -0.15) is 0 Å². The number of thioether (sulfide) groups is 1. The van der Waals surface area contributed by atoms with E-state index in [1.54, 1.807) is 11.8 Å². The van der Waals surface area contributed by atoms with E-state index in [9.17, 15) is 0 Å². The third kappa shape index (κ3) is 4.19. The SMILES string of the molecule is CCNC(=NCCCc1nnc(SC)n1C1CCCC1)N1CCC2(CCC2)C1. The standard InChI is InChI=1S/C21H36N6S/c1-3-22-19(26-15-13-21(16-26)11-7-12-21)23-14-6-10-18-24-25-20(28-2)27(18)17-8-4-5-9-17/h17H,3-16H2,1-2H3,(H,22,23). The molecule has 0 aromatic carbocycles. The second-order valence-electron chi connectivity index (χ2n) is 8.78. The van der Waals surface area contributed by atoms with Crippen molar-refractivity contribution in [3.63, 3.8) is 0 Å². The van der Waals surface area contributed by atoms with Crippen molar-refractivity contribution < 1.29 is 0 Å². The van der Waals surface area contributed by atoms with E-state index in [1.165, 1.54) is 64.5 Å². The monoisotopic (exact) mass is 404 g/mol. The van der Waals surface area contributed by atoms with Crippen LogP contribution in [0.25, 0.3) is 0 Å². The highest BCUT2D eigenvalue weighted by Crippen LogP contribution is 2.47. The van der Waals surface area contributed by atoms with Gasteiger partial charge in [-0.25, -0.2) is 0 Å². The van der Waals surface area contributed by atoms with Gasteiger partial charge in [0.1, 0.15) is 5.82 Å². The van der Waals surface area contributed by atoms with Crippen molar-refractivity contribution in [1.29, 1.82) is 0 Å². The molecule has 6 nitrogen and oxygen atoms in total. The zero-order valence-electron chi connectivity index (χ0n) is 17.6. The predicted octanol–water partition coefficient (Wildman–Crippen LogP) is 3.89. The summed E-state index contributed by atoms with van der Waals surface area (Å²) in [6.45, 7) is 6.33. The van der Waals surface area contributed by atoms with Crippen LogP contribution in [0.1, 0.15) is 76.6 Å². The normalized spacial score (nSPS) is 22.2. The molecule has 4 rings (SSSR count). The fraction of sp³-hybridized carbons (Fsp3) is 0.857. The van der Waals surface area contributed by atoms with Crippen LogP contribution in [0.15, 0.2) is 10.1 Å². The van der Waals surface area contributed by atoms with Gasteiger partial charge >= 0.3 is 0 Å². The fourth-order valence-corrected chi connectivity index (χ4v) is 5.77. The Morgan fingerprint density at radius 2 is 2.04 bits per heavy atom. The average Bonchev–Trinajstić information content (AvgIpc) is 3.42. The Morgan fingerprint density at radius 3 is 2.68 bits per heavy atom. The molecule has 0 unspecified atom stereocenters. The number of hydrogen-bond acceptors (Lipinski definition) is 4. The van der Waals surface area contributed by atoms with Crippen molar-refractivity contribution in [2.75, 3.05) is 32.4 Å². The Morgan fingerprint density at radius 1 is 1.21 bits per heavy atom. The van der Waals surface area contributed by atoms with Crippen LogP contribution in [0.4, 0.5) is 0 Å². The average molecular weight is 405 g/mol. The Hall–Kier alpha value is -1.24. The van der Waals surface area contributed by atoms with Crippen LogP contribution in [0, 0.1) is 5.41 Å². The fourth-order valence-electron chi connectivity index (χ4n) is 5.20. The molecule has 0 bridgehead atoms. The molecule has 0 atom stereocenters. The van der Waals surface area contributed by atoms with E-state index in [2.05, 4.69) is 38.2 Å². The third-order valence-corrected chi connectivity index (χ3v) is 7.56. The number of nitrogens with one attached hydrogen (secondary N) is 1. The summed E-state index contributed by atoms with van der Waals surface area (Å²) in [5, 5.41) is 13.6. The molecule has 3 fully saturated rings. The lowest BCUT2D eigenvalue weighted by Crippen LogP contribution is -2.42. The zero-order valence-corrected chi connectivity index (χ0v) is 18.4. The Balaban J connectivity index is 1.34. The van der Waals surface area contributed by atoms with Crippen LogP contribution >= 0.6 is 11.8 Å². The molecule has 1 aromatic heterocycles. The van der Waals surface area contributed by atoms with Gasteiger partial charge in [-0.1, -0.05) is 31.0 Å². The van der Waals surface area contributed by atoms with Crippen LogP contribution in [0.2, 0.25) is 0 Å². The van der Waals surface area contributed by atoms with Gasteiger partial charge in [0, 0.05) is 38.6 Å². The van der Waals surface area contributed by atoms with Gasteiger partial charge in [0.25, 0.3) is 0 Å². The van der Waals surface area contributed by atoms with Crippen LogP contribution in [0.5, 0.6) is 0 Å². The van der Waals surface area contributed by atoms with Crippen LogP contribution < -0.4 is 5.32 Å². The number of nitrogens with zero attached hydrogens (tertiary/aromatic N) is 5. The van der Waals surface area contributed by atoms with E-state index < -0.39 is 0 Å². The summed E-state index contributed by atoms with van der Waals surface area (Å²) in [4.78, 5) is 7.45. The van der Waals surface area contributed by atoms with Crippen LogP contribution in [-0.4, -0.2) is 58.1 Å². The van der Waals surface area contributed by atoms with E-state index in [0.717, 1.165) is 42.9 Å². The first-order valence-corrected chi connectivity index (χ1v) is 12.5. The predicted molar refractivity (Wildman–Crippen MR) is 116 cm³/mol. The van der Waals surface area contributed by atoms with E-state index in [-0.39, 0.29) is 0 Å². The highest BCUT2D eigenvalue weighted by atomic mass is 32.2. The molecule has 28 heavy (non-hydrogen) atoms. The molecular weight excluding hydrogens is 368 g/mol. The number of hydrogen-bond donors (Lipinski definition) is 1. The van der Waals surface area contributed by atoms with Gasteiger partial charge < -0.3 is 14.8 Å². The summed E-state index contributed by atoms with van der Waals surface area (Å²) in [5.41, 5.74) is 0.613. The van der Waals surface area contributed by atoms with Crippen molar-refractivity contribution in [2.45, 2.75) is 82.3 Å². The topological polar surface area (TPSA) is 58.3 Å². The number of likely N-dealkylation sites (tertiary alicyclic amines) is 1. The molecule has 2 heterocycles. The van der Waals surface area contributed by atoms with Gasteiger partial charge in [-0.15, -0.1) is 10.2 Å². The van der Waals surface area contributed by atoms with Gasteiger partial charge in [0.2, 0.25) is 0 Å². The highest BCUT2D eigenvalue weighted by Gasteiger charge is 2.43. The minimum atomic E-state index is 0.608. The van der Waals surface area contributed by atoms with Crippen molar-refractivity contribution in [3.8, 4) is 0 Å². The van der Waals surface area contributed by atoms with Crippen molar-refractivity contribution in [2.24, 2.45) is 10.4 Å². The molecule has 0 radical (unpaired) electrons. The molecule has 7 heteroatoms. The molecule has 2 saturated carbocycles. The maximum Gasteiger partial charge on any atom is 0.193 e. The number of aryl methyl sites for hydroxylation is 1. The maximum absolute atomic E-state index is 4.96. The summed E-state index contributed by atoms with van der Waals surface area (Å²) >= 11 is 1.72. The lowest BCUT2D eigenvalue weighted by molar-refractivity contribution is 0.151. The molecule has 156 valence electrons. The molecule has 0 amide bonds. The maximum atomic E-state index is 4.96. The molecule has 1 spiro atoms. The van der Waals surface area contributed by atoms with Crippen LogP contribution in [0.3, 0.4) is 0 Å². The smallest absolute Gasteiger partial charge is 0.193 e. The molecule has 2 aliphatic carbocycles. The summed E-state index contributed by atoms with van der Waals surface area (Å²) in [5.74, 6) is 2.28. The van der Waals surface area contributed by atoms with E-state index >= 15 is 0 Å². The molecule has 1 N–H and O–H groups in total. The van der Waals surface area contributed by atoms with Crippen molar-refractivity contribution in [3.05, 3.63) is 5.82 Å². The third-order valence-electron chi connectivity index (χ3n) is 6.91. The van der Waals surface area contributed by atoms with Gasteiger partial charge in [-0.3, -0.25) is 4.99 Å². The summed E-state index contributed by atoms with van der Waals surface area (Å²) in [7, 11) is 0. The minimum Gasteiger partial charge on any atom is -0.357 e. The molecular formula is C21H36N6S. The van der Waals surface area contributed by atoms with E-state index in [1.807, 2.05) is 0 Å². The Bertz CT molecular complexity index is 674. The Kier molecular flexibility index (Phi) is 6.48. The second kappa shape index (κ2) is 9.06. The van der Waals surface area contributed by atoms with Gasteiger partial charge in [0.15, 0.2) is 11.1 Å². The molecule has 1 aromatic rings. The van der Waals surface area contributed by atoms with E-state index in [0.29, 0.717) is 11.5 Å². The first kappa shape index (κ1) is 20.0. The minimum absolute atomic E-state index is 0.608. The zero-order chi connectivity index (χ0) is 19.4. The largest absolute Gasteiger partial charge is 0.357 e. The molecule has 3 aliphatic rings. The number of guanidine groups is 1. The van der Waals surface area contributed by atoms with Gasteiger partial charge in [0.05, 0.1) is 0 Å². The van der Waals surface area contributed by atoms with Crippen molar-refractivity contribution >= 4 is 17.7 Å². The molecule has 1 aliphatic heterocycles. The van der Waals surface area contributed by atoms with Gasteiger partial charge in [-0.05, 0) is 57.1 Å². The Labute approximate surface area is 174 Å². The summed E-state index contributed by atoms with van der Waals surface area (Å²) < 4.78 is 2.42. The lowest BCUT2D eigenvalue weighted by Gasteiger charge is -2.38. The molecule has 1 saturated heterocycles. The summed E-state index contributed by atoms with van der Waals surface area (Å²) in [6.07, 6.45) is 14.9.